The average molecular weight is 266 g/mol. The first-order valence-corrected chi connectivity index (χ1v) is 5.12. The highest BCUT2D eigenvalue weighted by Gasteiger charge is 2.09. The predicted molar refractivity (Wildman–Crippen MR) is 60.7 cm³/mol. The standard InChI is InChI=1S/C10H8BrN3O/c11-8-4-2-1-3-7(8)9(15)14-10-12-5-6-13-10/h1-6H,(H2,12,13,14,15). The number of hydrogen-bond acceptors (Lipinski definition) is 2. The molecular formula is C10H8BrN3O. The van der Waals surface area contributed by atoms with Crippen molar-refractivity contribution in [3.8, 4) is 0 Å². The number of nitrogens with zero attached hydrogens (tertiary/aromatic N) is 1. The van der Waals surface area contributed by atoms with E-state index in [0.29, 0.717) is 11.5 Å². The van der Waals surface area contributed by atoms with E-state index in [2.05, 4.69) is 31.2 Å². The van der Waals surface area contributed by atoms with E-state index in [1.807, 2.05) is 18.2 Å². The molecule has 1 heterocycles. The largest absolute Gasteiger partial charge is 0.331 e. The van der Waals surface area contributed by atoms with Gasteiger partial charge in [-0.05, 0) is 28.1 Å². The number of imidazole rings is 1. The molecule has 1 aromatic carbocycles. The summed E-state index contributed by atoms with van der Waals surface area (Å²) in [7, 11) is 0. The zero-order chi connectivity index (χ0) is 10.7. The second-order valence-electron chi connectivity index (χ2n) is 2.87. The molecule has 4 nitrogen and oxygen atoms in total. The van der Waals surface area contributed by atoms with E-state index in [1.54, 1.807) is 18.5 Å². The number of aromatic amines is 1. The molecule has 1 amide bonds. The normalized spacial score (nSPS) is 9.93. The molecule has 76 valence electrons. The van der Waals surface area contributed by atoms with Crippen LogP contribution in [0, 0.1) is 0 Å². The minimum absolute atomic E-state index is 0.197. The molecule has 0 aliphatic rings. The third kappa shape index (κ3) is 2.24. The SMILES string of the molecule is O=C(Nc1ncc[nH]1)c1ccccc1Br. The molecule has 0 aliphatic heterocycles. The lowest BCUT2D eigenvalue weighted by Crippen LogP contribution is -2.13. The van der Waals surface area contributed by atoms with Gasteiger partial charge in [-0.25, -0.2) is 4.98 Å². The van der Waals surface area contributed by atoms with Crippen molar-refractivity contribution in [3.05, 3.63) is 46.7 Å². The number of halogens is 1. The Kier molecular flexibility index (Phi) is 2.82. The maximum absolute atomic E-state index is 11.7. The first-order chi connectivity index (χ1) is 7.27. The van der Waals surface area contributed by atoms with Gasteiger partial charge < -0.3 is 4.98 Å². The fraction of sp³-hybridized carbons (Fsp3) is 0. The predicted octanol–water partition coefficient (Wildman–Crippen LogP) is 2.42. The minimum atomic E-state index is -0.197. The molecule has 2 rings (SSSR count). The summed E-state index contributed by atoms with van der Waals surface area (Å²) in [5, 5.41) is 2.64. The summed E-state index contributed by atoms with van der Waals surface area (Å²) >= 11 is 3.31. The van der Waals surface area contributed by atoms with Gasteiger partial charge in [-0.3, -0.25) is 10.1 Å². The van der Waals surface area contributed by atoms with E-state index in [-0.39, 0.29) is 5.91 Å². The van der Waals surface area contributed by atoms with Crippen molar-refractivity contribution < 1.29 is 4.79 Å². The highest BCUT2D eigenvalue weighted by atomic mass is 79.9. The number of anilines is 1. The number of carbonyl (C=O) groups is 1. The monoisotopic (exact) mass is 265 g/mol. The smallest absolute Gasteiger partial charge is 0.259 e. The number of H-pyrrole nitrogens is 1. The highest BCUT2D eigenvalue weighted by molar-refractivity contribution is 9.10. The number of nitrogens with one attached hydrogen (secondary N) is 2. The number of hydrogen-bond donors (Lipinski definition) is 2. The Hall–Kier alpha value is -1.62. The van der Waals surface area contributed by atoms with Gasteiger partial charge in [0.15, 0.2) is 0 Å². The third-order valence-corrected chi connectivity index (χ3v) is 2.54. The molecule has 0 bridgehead atoms. The van der Waals surface area contributed by atoms with Gasteiger partial charge in [0.2, 0.25) is 5.95 Å². The molecule has 2 aromatic rings. The average Bonchev–Trinajstić information content (AvgIpc) is 2.71. The van der Waals surface area contributed by atoms with Crippen LogP contribution in [0.2, 0.25) is 0 Å². The lowest BCUT2D eigenvalue weighted by atomic mass is 10.2. The summed E-state index contributed by atoms with van der Waals surface area (Å²) in [6.07, 6.45) is 3.23. The lowest BCUT2D eigenvalue weighted by Gasteiger charge is -2.03. The van der Waals surface area contributed by atoms with Gasteiger partial charge in [-0.1, -0.05) is 12.1 Å². The van der Waals surface area contributed by atoms with Gasteiger partial charge in [0.25, 0.3) is 5.91 Å². The molecule has 0 saturated heterocycles. The molecular weight excluding hydrogens is 258 g/mol. The van der Waals surface area contributed by atoms with Crippen molar-refractivity contribution in [1.29, 1.82) is 0 Å². The molecule has 0 fully saturated rings. The van der Waals surface area contributed by atoms with Gasteiger partial charge in [0.1, 0.15) is 0 Å². The van der Waals surface area contributed by atoms with Crippen molar-refractivity contribution in [3.63, 3.8) is 0 Å². The van der Waals surface area contributed by atoms with Gasteiger partial charge in [0, 0.05) is 16.9 Å². The minimum Gasteiger partial charge on any atom is -0.331 e. The Bertz CT molecular complexity index is 467. The number of rotatable bonds is 2. The second-order valence-corrected chi connectivity index (χ2v) is 3.73. The Labute approximate surface area is 94.9 Å². The molecule has 2 N–H and O–H groups in total. The van der Waals surface area contributed by atoms with Gasteiger partial charge in [-0.15, -0.1) is 0 Å². The molecule has 1 aromatic heterocycles. The topological polar surface area (TPSA) is 57.8 Å². The Morgan fingerprint density at radius 3 is 2.87 bits per heavy atom. The summed E-state index contributed by atoms with van der Waals surface area (Å²) in [5.74, 6) is 0.244. The molecule has 0 unspecified atom stereocenters. The number of benzene rings is 1. The number of amides is 1. The Balaban J connectivity index is 2.19. The zero-order valence-corrected chi connectivity index (χ0v) is 9.28. The van der Waals surface area contributed by atoms with Crippen molar-refractivity contribution in [1.82, 2.24) is 9.97 Å². The highest BCUT2D eigenvalue weighted by Crippen LogP contribution is 2.16. The van der Waals surface area contributed by atoms with Crippen LogP contribution in [-0.2, 0) is 0 Å². The molecule has 0 radical (unpaired) electrons. The zero-order valence-electron chi connectivity index (χ0n) is 7.70. The molecule has 15 heavy (non-hydrogen) atoms. The number of carbonyl (C=O) groups excluding carboxylic acids is 1. The fourth-order valence-corrected chi connectivity index (χ4v) is 1.62. The van der Waals surface area contributed by atoms with Crippen LogP contribution in [0.15, 0.2) is 41.1 Å². The molecule has 0 saturated carbocycles. The Morgan fingerprint density at radius 1 is 1.40 bits per heavy atom. The van der Waals surface area contributed by atoms with E-state index in [1.165, 1.54) is 0 Å². The van der Waals surface area contributed by atoms with Crippen LogP contribution < -0.4 is 5.32 Å². The van der Waals surface area contributed by atoms with Crippen LogP contribution in [0.3, 0.4) is 0 Å². The maximum atomic E-state index is 11.7. The van der Waals surface area contributed by atoms with Gasteiger partial charge >= 0.3 is 0 Å². The number of aromatic nitrogens is 2. The van der Waals surface area contributed by atoms with Crippen molar-refractivity contribution in [2.45, 2.75) is 0 Å². The summed E-state index contributed by atoms with van der Waals surface area (Å²) in [5.41, 5.74) is 0.578. The van der Waals surface area contributed by atoms with E-state index in [9.17, 15) is 4.79 Å². The van der Waals surface area contributed by atoms with Gasteiger partial charge in [-0.2, -0.15) is 0 Å². The quantitative estimate of drug-likeness (QED) is 0.877. The van der Waals surface area contributed by atoms with Crippen LogP contribution >= 0.6 is 15.9 Å². The van der Waals surface area contributed by atoms with E-state index >= 15 is 0 Å². The summed E-state index contributed by atoms with van der Waals surface area (Å²) in [6, 6.07) is 7.22. The summed E-state index contributed by atoms with van der Waals surface area (Å²) in [4.78, 5) is 18.4. The van der Waals surface area contributed by atoms with E-state index < -0.39 is 0 Å². The van der Waals surface area contributed by atoms with E-state index in [0.717, 1.165) is 4.47 Å². The van der Waals surface area contributed by atoms with Crippen molar-refractivity contribution in [2.24, 2.45) is 0 Å². The van der Waals surface area contributed by atoms with E-state index in [4.69, 9.17) is 0 Å². The first-order valence-electron chi connectivity index (χ1n) is 4.32. The van der Waals surface area contributed by atoms with Crippen LogP contribution in [0.25, 0.3) is 0 Å². The summed E-state index contributed by atoms with van der Waals surface area (Å²) < 4.78 is 0.758. The van der Waals surface area contributed by atoms with Crippen molar-refractivity contribution >= 4 is 27.8 Å². The molecule has 0 atom stereocenters. The maximum Gasteiger partial charge on any atom is 0.259 e. The fourth-order valence-electron chi connectivity index (χ4n) is 1.15. The van der Waals surface area contributed by atoms with Crippen LogP contribution in [0.1, 0.15) is 10.4 Å². The summed E-state index contributed by atoms with van der Waals surface area (Å²) in [6.45, 7) is 0. The third-order valence-electron chi connectivity index (χ3n) is 1.85. The molecule has 0 aliphatic carbocycles. The van der Waals surface area contributed by atoms with Gasteiger partial charge in [0.05, 0.1) is 5.56 Å². The van der Waals surface area contributed by atoms with Crippen molar-refractivity contribution in [2.75, 3.05) is 5.32 Å². The van der Waals surface area contributed by atoms with Crippen LogP contribution in [0.5, 0.6) is 0 Å². The first kappa shape index (κ1) is 9.92. The molecule has 5 heteroatoms. The Morgan fingerprint density at radius 2 is 2.20 bits per heavy atom. The lowest BCUT2D eigenvalue weighted by molar-refractivity contribution is 0.102. The van der Waals surface area contributed by atoms with Crippen LogP contribution in [0.4, 0.5) is 5.95 Å². The second kappa shape index (κ2) is 4.27. The molecule has 0 spiro atoms. The van der Waals surface area contributed by atoms with Crippen LogP contribution in [-0.4, -0.2) is 15.9 Å².